The summed E-state index contributed by atoms with van der Waals surface area (Å²) in [6, 6.07) is 6.36. The molecule has 1 N–H and O–H groups in total. The molecular weight excluding hydrogens is 330 g/mol. The highest BCUT2D eigenvalue weighted by Gasteiger charge is 2.46. The van der Waals surface area contributed by atoms with E-state index in [4.69, 9.17) is 4.74 Å². The van der Waals surface area contributed by atoms with Gasteiger partial charge in [0, 0.05) is 23.9 Å². The topological polar surface area (TPSA) is 68.3 Å². The lowest BCUT2D eigenvalue weighted by molar-refractivity contribution is -0.145. The molecule has 1 aliphatic rings. The van der Waals surface area contributed by atoms with Gasteiger partial charge >= 0.3 is 5.97 Å². The van der Waals surface area contributed by atoms with Crippen molar-refractivity contribution in [2.24, 2.45) is 5.92 Å². The Morgan fingerprint density at radius 2 is 1.96 bits per heavy atom. The van der Waals surface area contributed by atoms with Crippen LogP contribution in [0.5, 0.6) is 0 Å². The van der Waals surface area contributed by atoms with Crippen LogP contribution in [0.2, 0.25) is 0 Å². The first-order valence-corrected chi connectivity index (χ1v) is 7.86. The number of hydrogen-bond acceptors (Lipinski definition) is 4. The van der Waals surface area contributed by atoms with Crippen LogP contribution in [0, 0.1) is 17.6 Å². The average Bonchev–Trinajstić information content (AvgIpc) is 3.42. The minimum absolute atomic E-state index is 0.0184. The van der Waals surface area contributed by atoms with Crippen molar-refractivity contribution in [3.8, 4) is 0 Å². The van der Waals surface area contributed by atoms with Crippen molar-refractivity contribution in [2.45, 2.75) is 12.3 Å². The van der Waals surface area contributed by atoms with Crippen molar-refractivity contribution in [3.63, 3.8) is 0 Å². The lowest BCUT2D eigenvalue weighted by atomic mass is 10.1. The largest absolute Gasteiger partial charge is 0.464 e. The predicted molar refractivity (Wildman–Crippen MR) is 84.7 cm³/mol. The lowest BCUT2D eigenvalue weighted by Gasteiger charge is -2.07. The molecule has 130 valence electrons. The van der Waals surface area contributed by atoms with Crippen LogP contribution in [0.3, 0.4) is 0 Å². The zero-order valence-corrected chi connectivity index (χ0v) is 13.2. The molecule has 0 saturated heterocycles. The molecular formula is C18H16F2N2O3. The Bertz CT molecular complexity index is 783. The Kier molecular flexibility index (Phi) is 5.02. The van der Waals surface area contributed by atoms with E-state index < -0.39 is 23.5 Å². The summed E-state index contributed by atoms with van der Waals surface area (Å²) in [5, 5.41) is 2.62. The Morgan fingerprint density at radius 1 is 1.20 bits per heavy atom. The second-order valence-corrected chi connectivity index (χ2v) is 5.77. The van der Waals surface area contributed by atoms with Gasteiger partial charge in [-0.25, -0.2) is 8.78 Å². The van der Waals surface area contributed by atoms with Crippen molar-refractivity contribution in [1.29, 1.82) is 0 Å². The molecule has 0 bridgehead atoms. The van der Waals surface area contributed by atoms with Crippen molar-refractivity contribution in [2.75, 3.05) is 13.2 Å². The van der Waals surface area contributed by atoms with E-state index >= 15 is 0 Å². The average molecular weight is 346 g/mol. The number of carbonyl (C=O) groups excluding carboxylic acids is 2. The number of aromatic nitrogens is 1. The second-order valence-electron chi connectivity index (χ2n) is 5.77. The Morgan fingerprint density at radius 3 is 2.72 bits per heavy atom. The van der Waals surface area contributed by atoms with Gasteiger partial charge in [-0.05, 0) is 42.3 Å². The molecule has 0 aliphatic heterocycles. The molecule has 1 saturated carbocycles. The predicted octanol–water partition coefficient (Wildman–Crippen LogP) is 2.44. The standard InChI is InChI=1S/C18H16F2N2O3/c19-12-1-2-16(20)14(9-12)13-10-15(13)18(24)25-8-7-22-17(23)11-3-5-21-6-4-11/h1-6,9,13,15H,7-8,10H2,(H,22,23)/t13-,15+/m0/s1. The first-order chi connectivity index (χ1) is 12.1. The van der Waals surface area contributed by atoms with E-state index in [1.807, 2.05) is 0 Å². The SMILES string of the molecule is O=C(NCCOC(=O)[C@@H]1C[C@H]1c1cc(F)ccc1F)c1ccncc1. The summed E-state index contributed by atoms with van der Waals surface area (Å²) in [6.07, 6.45) is 3.45. The highest BCUT2D eigenvalue weighted by atomic mass is 19.1. The summed E-state index contributed by atoms with van der Waals surface area (Å²) in [6.45, 7) is 0.184. The van der Waals surface area contributed by atoms with E-state index in [1.165, 1.54) is 12.4 Å². The highest BCUT2D eigenvalue weighted by molar-refractivity contribution is 5.93. The van der Waals surface area contributed by atoms with Crippen LogP contribution in [-0.2, 0) is 9.53 Å². The van der Waals surface area contributed by atoms with Gasteiger partial charge in [0.25, 0.3) is 5.91 Å². The normalized spacial score (nSPS) is 18.5. The molecule has 0 unspecified atom stereocenters. The number of amides is 1. The van der Waals surface area contributed by atoms with Crippen LogP contribution in [0.15, 0.2) is 42.7 Å². The lowest BCUT2D eigenvalue weighted by Crippen LogP contribution is -2.28. The molecule has 7 heteroatoms. The van der Waals surface area contributed by atoms with E-state index in [0.29, 0.717) is 12.0 Å². The fraction of sp³-hybridized carbons (Fsp3) is 0.278. The van der Waals surface area contributed by atoms with E-state index in [0.717, 1.165) is 18.2 Å². The number of pyridine rings is 1. The zero-order valence-electron chi connectivity index (χ0n) is 13.2. The van der Waals surface area contributed by atoms with Crippen LogP contribution in [0.1, 0.15) is 28.3 Å². The molecule has 1 aromatic carbocycles. The van der Waals surface area contributed by atoms with Crippen molar-refractivity contribution < 1.29 is 23.1 Å². The van der Waals surface area contributed by atoms with E-state index in [1.54, 1.807) is 12.1 Å². The quantitative estimate of drug-likeness (QED) is 0.644. The highest BCUT2D eigenvalue weighted by Crippen LogP contribution is 2.49. The second kappa shape index (κ2) is 7.38. The molecule has 1 amide bonds. The van der Waals surface area contributed by atoms with Crippen LogP contribution in [0.25, 0.3) is 0 Å². The van der Waals surface area contributed by atoms with Gasteiger partial charge in [-0.15, -0.1) is 0 Å². The number of rotatable bonds is 6. The number of benzene rings is 1. The molecule has 25 heavy (non-hydrogen) atoms. The van der Waals surface area contributed by atoms with Gasteiger partial charge in [-0.2, -0.15) is 0 Å². The maximum Gasteiger partial charge on any atom is 0.309 e. The van der Waals surface area contributed by atoms with Gasteiger partial charge in [0.1, 0.15) is 18.2 Å². The first kappa shape index (κ1) is 17.0. The molecule has 2 atom stereocenters. The van der Waals surface area contributed by atoms with Crippen LogP contribution in [0.4, 0.5) is 8.78 Å². The number of hydrogen-bond donors (Lipinski definition) is 1. The molecule has 0 spiro atoms. The maximum atomic E-state index is 13.7. The third-order valence-electron chi connectivity index (χ3n) is 4.03. The van der Waals surface area contributed by atoms with Crippen LogP contribution >= 0.6 is 0 Å². The van der Waals surface area contributed by atoms with E-state index in [2.05, 4.69) is 10.3 Å². The van der Waals surface area contributed by atoms with Gasteiger partial charge < -0.3 is 10.1 Å². The van der Waals surface area contributed by atoms with Crippen molar-refractivity contribution >= 4 is 11.9 Å². The molecule has 1 aliphatic carbocycles. The summed E-state index contributed by atoms with van der Waals surface area (Å²) in [4.78, 5) is 27.5. The zero-order chi connectivity index (χ0) is 17.8. The smallest absolute Gasteiger partial charge is 0.309 e. The van der Waals surface area contributed by atoms with Gasteiger partial charge in [0.2, 0.25) is 0 Å². The number of carbonyl (C=O) groups is 2. The Hall–Kier alpha value is -2.83. The molecule has 1 fully saturated rings. The number of nitrogens with zero attached hydrogens (tertiary/aromatic N) is 1. The summed E-state index contributed by atoms with van der Waals surface area (Å²) < 4.78 is 32.0. The maximum absolute atomic E-state index is 13.7. The minimum Gasteiger partial charge on any atom is -0.464 e. The minimum atomic E-state index is -0.533. The van der Waals surface area contributed by atoms with E-state index in [9.17, 15) is 18.4 Å². The fourth-order valence-corrected chi connectivity index (χ4v) is 2.63. The fourth-order valence-electron chi connectivity index (χ4n) is 2.63. The van der Waals surface area contributed by atoms with Gasteiger partial charge in [-0.3, -0.25) is 14.6 Å². The third kappa shape index (κ3) is 4.17. The number of ether oxygens (including phenoxy) is 1. The van der Waals surface area contributed by atoms with E-state index in [-0.39, 0.29) is 30.5 Å². The molecule has 2 aromatic rings. The third-order valence-corrected chi connectivity index (χ3v) is 4.03. The monoisotopic (exact) mass is 346 g/mol. The van der Waals surface area contributed by atoms with Gasteiger partial charge in [0.15, 0.2) is 0 Å². The van der Waals surface area contributed by atoms with Gasteiger partial charge in [0.05, 0.1) is 12.5 Å². The molecule has 3 rings (SSSR count). The molecule has 5 nitrogen and oxygen atoms in total. The molecule has 1 aromatic heterocycles. The Balaban J connectivity index is 1.42. The Labute approximate surface area is 143 Å². The van der Waals surface area contributed by atoms with Crippen LogP contribution < -0.4 is 5.32 Å². The number of esters is 1. The van der Waals surface area contributed by atoms with Gasteiger partial charge in [-0.1, -0.05) is 0 Å². The molecule has 0 radical (unpaired) electrons. The summed E-state index contributed by atoms with van der Waals surface area (Å²) >= 11 is 0. The summed E-state index contributed by atoms with van der Waals surface area (Å²) in [5.74, 6) is -2.63. The first-order valence-electron chi connectivity index (χ1n) is 7.86. The number of nitrogens with one attached hydrogen (secondary N) is 1. The van der Waals surface area contributed by atoms with Crippen LogP contribution in [-0.4, -0.2) is 30.0 Å². The summed E-state index contributed by atoms with van der Waals surface area (Å²) in [7, 11) is 0. The van der Waals surface area contributed by atoms with Crippen molar-refractivity contribution in [3.05, 3.63) is 65.5 Å². The number of halogens is 2. The van der Waals surface area contributed by atoms with Crippen molar-refractivity contribution in [1.82, 2.24) is 10.3 Å². The molecule has 1 heterocycles. The summed E-state index contributed by atoms with van der Waals surface area (Å²) in [5.41, 5.74) is 0.665.